The van der Waals surface area contributed by atoms with Gasteiger partial charge in [0.05, 0.1) is 32.2 Å². The Labute approximate surface area is 165 Å². The van der Waals surface area contributed by atoms with Crippen LogP contribution < -0.4 is 0 Å². The highest BCUT2D eigenvalue weighted by atomic mass is 16.5. The summed E-state index contributed by atoms with van der Waals surface area (Å²) in [7, 11) is 1.34. The van der Waals surface area contributed by atoms with E-state index in [4.69, 9.17) is 5.11 Å². The first-order valence-electron chi connectivity index (χ1n) is 10.5. The second kappa shape index (κ2) is 21.2. The Bertz CT molecular complexity index is 346. The molecule has 0 unspecified atom stereocenters. The summed E-state index contributed by atoms with van der Waals surface area (Å²) in [4.78, 5) is 21.0. The molecule has 0 radical (unpaired) electrons. The summed E-state index contributed by atoms with van der Waals surface area (Å²) in [6, 6.07) is 0. The molecule has 0 aromatic carbocycles. The topological polar surface area (TPSA) is 104 Å². The lowest BCUT2D eigenvalue weighted by atomic mass is 10.1. The molecule has 0 aliphatic rings. The number of esters is 1. The number of aliphatic carboxylic acids is 1. The first-order valence-corrected chi connectivity index (χ1v) is 10.5. The van der Waals surface area contributed by atoms with Crippen LogP contribution in [0.3, 0.4) is 0 Å². The molecule has 0 saturated carbocycles. The predicted octanol–water partition coefficient (Wildman–Crippen LogP) is 4.45. The minimum atomic E-state index is -0.916. The highest BCUT2D eigenvalue weighted by molar-refractivity contribution is 5.69. The Morgan fingerprint density at radius 3 is 1.52 bits per heavy atom. The van der Waals surface area contributed by atoms with E-state index in [1.807, 2.05) is 0 Å². The molecule has 6 heteroatoms. The Balaban J connectivity index is 0. The zero-order valence-electron chi connectivity index (χ0n) is 17.6. The molecule has 0 aliphatic heterocycles. The molecule has 0 aromatic heterocycles. The van der Waals surface area contributed by atoms with Gasteiger partial charge in [0.15, 0.2) is 0 Å². The Morgan fingerprint density at radius 2 is 1.15 bits per heavy atom. The number of unbranched alkanes of at least 4 members (excludes halogenated alkanes) is 8. The number of rotatable bonds is 16. The van der Waals surface area contributed by atoms with E-state index in [9.17, 15) is 19.8 Å². The summed E-state index contributed by atoms with van der Waals surface area (Å²) >= 11 is 0. The van der Waals surface area contributed by atoms with Crippen LogP contribution in [0.4, 0.5) is 0 Å². The smallest absolute Gasteiger partial charge is 0.308 e. The average Bonchev–Trinajstić information content (AvgIpc) is 2.61. The molecule has 6 nitrogen and oxygen atoms in total. The van der Waals surface area contributed by atoms with Crippen molar-refractivity contribution < 1.29 is 29.6 Å². The molecule has 0 fully saturated rings. The average molecular weight is 391 g/mol. The second-order valence-electron chi connectivity index (χ2n) is 7.09. The van der Waals surface area contributed by atoms with Gasteiger partial charge in [-0.2, -0.15) is 0 Å². The largest absolute Gasteiger partial charge is 0.481 e. The van der Waals surface area contributed by atoms with E-state index < -0.39 is 18.2 Å². The third-order valence-electron chi connectivity index (χ3n) is 4.32. The van der Waals surface area contributed by atoms with Crippen LogP contribution in [-0.4, -0.2) is 46.6 Å². The lowest BCUT2D eigenvalue weighted by Crippen LogP contribution is -2.14. The van der Waals surface area contributed by atoms with Crippen molar-refractivity contribution in [3.8, 4) is 0 Å². The molecule has 0 saturated heterocycles. The Hall–Kier alpha value is -1.14. The van der Waals surface area contributed by atoms with Gasteiger partial charge in [-0.15, -0.1) is 0 Å². The molecule has 27 heavy (non-hydrogen) atoms. The van der Waals surface area contributed by atoms with E-state index in [2.05, 4.69) is 18.6 Å². The molecular weight excluding hydrogens is 348 g/mol. The van der Waals surface area contributed by atoms with E-state index >= 15 is 0 Å². The first-order chi connectivity index (χ1) is 12.9. The number of ether oxygens (including phenoxy) is 1. The van der Waals surface area contributed by atoms with Crippen LogP contribution in [0.1, 0.15) is 104 Å². The van der Waals surface area contributed by atoms with Gasteiger partial charge in [-0.3, -0.25) is 9.59 Å². The van der Waals surface area contributed by atoms with Gasteiger partial charge < -0.3 is 20.1 Å². The summed E-state index contributed by atoms with van der Waals surface area (Å²) in [6.45, 7) is 4.32. The van der Waals surface area contributed by atoms with Crippen LogP contribution in [0.15, 0.2) is 0 Å². The zero-order valence-corrected chi connectivity index (χ0v) is 17.6. The number of hydrogen-bond donors (Lipinski definition) is 3. The molecule has 0 amide bonds. The minimum Gasteiger partial charge on any atom is -0.481 e. The highest BCUT2D eigenvalue weighted by Gasteiger charge is 2.10. The van der Waals surface area contributed by atoms with Crippen LogP contribution in [0.25, 0.3) is 0 Å². The molecule has 0 heterocycles. The molecular formula is C21H42O6. The van der Waals surface area contributed by atoms with Gasteiger partial charge in [-0.05, 0) is 12.8 Å². The summed E-state index contributed by atoms with van der Waals surface area (Å²) < 4.78 is 4.47. The van der Waals surface area contributed by atoms with Crippen LogP contribution >= 0.6 is 0 Å². The molecule has 162 valence electrons. The highest BCUT2D eigenvalue weighted by Crippen LogP contribution is 2.10. The normalized spacial score (nSPS) is 12.6. The quantitative estimate of drug-likeness (QED) is 0.266. The van der Waals surface area contributed by atoms with Crippen molar-refractivity contribution in [3.05, 3.63) is 0 Å². The van der Waals surface area contributed by atoms with Crippen molar-refractivity contribution in [3.63, 3.8) is 0 Å². The van der Waals surface area contributed by atoms with Gasteiger partial charge in [-0.1, -0.05) is 78.1 Å². The van der Waals surface area contributed by atoms with Crippen LogP contribution in [0.5, 0.6) is 0 Å². The third-order valence-corrected chi connectivity index (χ3v) is 4.32. The number of carbonyl (C=O) groups is 2. The number of methoxy groups -OCH3 is 1. The predicted molar refractivity (Wildman–Crippen MR) is 108 cm³/mol. The van der Waals surface area contributed by atoms with Gasteiger partial charge in [0.25, 0.3) is 0 Å². The number of aliphatic hydroxyl groups excluding tert-OH is 2. The molecule has 0 aliphatic carbocycles. The maximum absolute atomic E-state index is 10.8. The summed E-state index contributed by atoms with van der Waals surface area (Å²) in [6.07, 6.45) is 11.7. The van der Waals surface area contributed by atoms with Gasteiger partial charge in [0.1, 0.15) is 0 Å². The van der Waals surface area contributed by atoms with Gasteiger partial charge in [0.2, 0.25) is 0 Å². The molecule has 0 bridgehead atoms. The fourth-order valence-electron chi connectivity index (χ4n) is 2.65. The monoisotopic (exact) mass is 390 g/mol. The molecule has 2 atom stereocenters. The number of aliphatic hydroxyl groups is 2. The Kier molecular flexibility index (Phi) is 22.0. The van der Waals surface area contributed by atoms with Crippen molar-refractivity contribution in [1.82, 2.24) is 0 Å². The van der Waals surface area contributed by atoms with Gasteiger partial charge >= 0.3 is 11.9 Å². The second-order valence-corrected chi connectivity index (χ2v) is 7.09. The van der Waals surface area contributed by atoms with E-state index in [1.165, 1.54) is 45.6 Å². The molecule has 0 spiro atoms. The van der Waals surface area contributed by atoms with E-state index in [-0.39, 0.29) is 18.8 Å². The van der Waals surface area contributed by atoms with Crippen LogP contribution in [0, 0.1) is 0 Å². The van der Waals surface area contributed by atoms with E-state index in [0.29, 0.717) is 12.8 Å². The van der Waals surface area contributed by atoms with Crippen LogP contribution in [-0.2, 0) is 14.3 Å². The van der Waals surface area contributed by atoms with Gasteiger partial charge in [-0.25, -0.2) is 0 Å². The van der Waals surface area contributed by atoms with Crippen molar-refractivity contribution in [2.75, 3.05) is 7.11 Å². The van der Waals surface area contributed by atoms with E-state index in [0.717, 1.165) is 25.7 Å². The fraction of sp³-hybridized carbons (Fsp3) is 0.905. The molecule has 0 aromatic rings. The number of carbonyl (C=O) groups excluding carboxylic acids is 1. The first kappa shape index (κ1) is 28.1. The summed E-state index contributed by atoms with van der Waals surface area (Å²) in [5.74, 6) is -1.24. The Morgan fingerprint density at radius 1 is 0.741 bits per heavy atom. The van der Waals surface area contributed by atoms with Gasteiger partial charge in [0, 0.05) is 0 Å². The maximum atomic E-state index is 10.8. The maximum Gasteiger partial charge on any atom is 0.308 e. The van der Waals surface area contributed by atoms with Crippen LogP contribution in [0.2, 0.25) is 0 Å². The van der Waals surface area contributed by atoms with Crippen molar-refractivity contribution >= 4 is 11.9 Å². The summed E-state index contributed by atoms with van der Waals surface area (Å²) in [5.41, 5.74) is 0. The molecule has 0 rings (SSSR count). The molecule has 3 N–H and O–H groups in total. The van der Waals surface area contributed by atoms with E-state index in [1.54, 1.807) is 0 Å². The van der Waals surface area contributed by atoms with Crippen molar-refractivity contribution in [1.29, 1.82) is 0 Å². The number of carboxylic acids is 1. The minimum absolute atomic E-state index is 0.117. The standard InChI is InChI=1S/C11H22O3.C10H20O3/c1-3-4-5-6-7-8-10(12)9-11(13)14-2;1-2-3-4-5-6-7-9(11)8-10(12)13/h10,12H,3-9H2,1-2H3;9,11H,2-8H2,1H3,(H,12,13)/t10-;9-/m11/s1. The van der Waals surface area contributed by atoms with Crippen molar-refractivity contribution in [2.45, 2.75) is 116 Å². The summed E-state index contributed by atoms with van der Waals surface area (Å²) in [5, 5.41) is 27.0. The number of carboxylic acid groups (broad SMARTS) is 1. The third kappa shape index (κ3) is 24.9. The van der Waals surface area contributed by atoms with Crippen molar-refractivity contribution in [2.24, 2.45) is 0 Å². The lowest BCUT2D eigenvalue weighted by Gasteiger charge is -2.08. The SMILES string of the molecule is CCCCCCC[C@@H](O)CC(=O)O.CCCCCCC[C@@H](O)CC(=O)OC. The fourth-order valence-corrected chi connectivity index (χ4v) is 2.65. The number of hydrogen-bond acceptors (Lipinski definition) is 5. The lowest BCUT2D eigenvalue weighted by molar-refractivity contribution is -0.143. The zero-order chi connectivity index (χ0) is 20.9.